The number of ether oxygens (including phenoxy) is 1. The lowest BCUT2D eigenvalue weighted by atomic mass is 10.1. The minimum Gasteiger partial charge on any atom is -0.495 e. The summed E-state index contributed by atoms with van der Waals surface area (Å²) in [5.41, 5.74) is 2.07. The zero-order chi connectivity index (χ0) is 18.7. The lowest BCUT2D eigenvalue weighted by molar-refractivity contribution is 0.416. The summed E-state index contributed by atoms with van der Waals surface area (Å²) in [4.78, 5) is 14.9. The molecule has 0 saturated heterocycles. The van der Waals surface area contributed by atoms with Crippen LogP contribution in [-0.4, -0.2) is 22.3 Å². The van der Waals surface area contributed by atoms with Crippen LogP contribution in [0.1, 0.15) is 16.8 Å². The molecule has 0 spiro atoms. The van der Waals surface area contributed by atoms with E-state index in [1.54, 1.807) is 24.3 Å². The van der Waals surface area contributed by atoms with Crippen LogP contribution < -0.4 is 15.6 Å². The molecule has 8 heteroatoms. The molecule has 0 atom stereocenters. The van der Waals surface area contributed by atoms with Crippen molar-refractivity contribution >= 4 is 23.2 Å². The van der Waals surface area contributed by atoms with Gasteiger partial charge in [0.1, 0.15) is 17.3 Å². The molecule has 2 aromatic carbocycles. The standard InChI is InChI=1S/C18H16ClFN4O2/c1-10-7-14(16(26-2)9-13(10)19)21-18-22-17(25)15(23-24-18)8-11-3-5-12(20)6-4-11/h3-7,9H,8H2,1-2H3,(H2,21,22,24,25). The van der Waals surface area contributed by atoms with Crippen molar-refractivity contribution in [2.45, 2.75) is 13.3 Å². The highest BCUT2D eigenvalue weighted by Crippen LogP contribution is 2.32. The van der Waals surface area contributed by atoms with E-state index in [2.05, 4.69) is 20.5 Å². The third-order valence-electron chi connectivity index (χ3n) is 3.78. The summed E-state index contributed by atoms with van der Waals surface area (Å²) in [5.74, 6) is 0.358. The molecule has 1 heterocycles. The Bertz CT molecular complexity index is 989. The van der Waals surface area contributed by atoms with E-state index in [1.165, 1.54) is 19.2 Å². The van der Waals surface area contributed by atoms with E-state index in [0.29, 0.717) is 16.5 Å². The first-order valence-corrected chi connectivity index (χ1v) is 8.15. The third-order valence-corrected chi connectivity index (χ3v) is 4.19. The molecule has 0 amide bonds. The fraction of sp³-hybridized carbons (Fsp3) is 0.167. The number of hydrogen-bond acceptors (Lipinski definition) is 5. The summed E-state index contributed by atoms with van der Waals surface area (Å²) in [7, 11) is 1.52. The van der Waals surface area contributed by atoms with Gasteiger partial charge in [-0.3, -0.25) is 9.78 Å². The maximum atomic E-state index is 13.0. The Morgan fingerprint density at radius 2 is 1.96 bits per heavy atom. The molecular formula is C18H16ClFN4O2. The van der Waals surface area contributed by atoms with Crippen molar-refractivity contribution in [2.75, 3.05) is 12.4 Å². The average Bonchev–Trinajstić information content (AvgIpc) is 2.62. The van der Waals surface area contributed by atoms with Crippen LogP contribution in [0.5, 0.6) is 5.75 Å². The average molecular weight is 375 g/mol. The lowest BCUT2D eigenvalue weighted by Gasteiger charge is -2.12. The van der Waals surface area contributed by atoms with E-state index >= 15 is 0 Å². The summed E-state index contributed by atoms with van der Waals surface area (Å²) >= 11 is 6.08. The number of hydrogen-bond donors (Lipinski definition) is 2. The van der Waals surface area contributed by atoms with E-state index in [0.717, 1.165) is 11.1 Å². The molecule has 0 aliphatic rings. The van der Waals surface area contributed by atoms with Crippen molar-refractivity contribution in [3.8, 4) is 5.75 Å². The van der Waals surface area contributed by atoms with E-state index in [-0.39, 0.29) is 29.4 Å². The second kappa shape index (κ2) is 7.53. The van der Waals surface area contributed by atoms with Gasteiger partial charge in [0.2, 0.25) is 5.95 Å². The second-order valence-corrected chi connectivity index (χ2v) is 6.09. The number of benzene rings is 2. The largest absolute Gasteiger partial charge is 0.495 e. The van der Waals surface area contributed by atoms with Crippen LogP contribution in [0.4, 0.5) is 16.0 Å². The minimum atomic E-state index is -0.378. The topological polar surface area (TPSA) is 79.9 Å². The van der Waals surface area contributed by atoms with E-state index < -0.39 is 0 Å². The monoisotopic (exact) mass is 374 g/mol. The minimum absolute atomic E-state index is 0.179. The third kappa shape index (κ3) is 4.00. The number of halogens is 2. The van der Waals surface area contributed by atoms with Gasteiger partial charge in [0.25, 0.3) is 5.56 Å². The number of nitrogens with one attached hydrogen (secondary N) is 2. The zero-order valence-electron chi connectivity index (χ0n) is 14.1. The second-order valence-electron chi connectivity index (χ2n) is 5.68. The maximum absolute atomic E-state index is 13.0. The van der Waals surface area contributed by atoms with Crippen LogP contribution in [0.25, 0.3) is 0 Å². The summed E-state index contributed by atoms with van der Waals surface area (Å²) in [5, 5.41) is 11.5. The van der Waals surface area contributed by atoms with E-state index in [4.69, 9.17) is 16.3 Å². The molecule has 134 valence electrons. The smallest absolute Gasteiger partial charge is 0.274 e. The molecule has 2 N–H and O–H groups in total. The van der Waals surface area contributed by atoms with Crippen LogP contribution in [0.3, 0.4) is 0 Å². The van der Waals surface area contributed by atoms with Gasteiger partial charge in [0.15, 0.2) is 0 Å². The Balaban J connectivity index is 1.83. The number of nitrogens with zero attached hydrogens (tertiary/aromatic N) is 2. The van der Waals surface area contributed by atoms with Gasteiger partial charge in [-0.25, -0.2) is 4.39 Å². The first-order chi connectivity index (χ1) is 12.5. The zero-order valence-corrected chi connectivity index (χ0v) is 14.9. The van der Waals surface area contributed by atoms with Crippen LogP contribution in [0.15, 0.2) is 41.2 Å². The highest BCUT2D eigenvalue weighted by molar-refractivity contribution is 6.31. The molecule has 0 fully saturated rings. The van der Waals surface area contributed by atoms with Crippen LogP contribution in [0.2, 0.25) is 5.02 Å². The molecule has 0 aliphatic carbocycles. The molecule has 0 saturated carbocycles. The fourth-order valence-corrected chi connectivity index (χ4v) is 2.54. The van der Waals surface area contributed by atoms with E-state index in [1.807, 2.05) is 6.92 Å². The van der Waals surface area contributed by atoms with Gasteiger partial charge < -0.3 is 10.1 Å². The molecule has 0 aliphatic heterocycles. The molecule has 6 nitrogen and oxygen atoms in total. The quantitative estimate of drug-likeness (QED) is 0.713. The number of methoxy groups -OCH3 is 1. The van der Waals surface area contributed by atoms with Crippen molar-refractivity contribution in [3.63, 3.8) is 0 Å². The normalized spacial score (nSPS) is 10.6. The van der Waals surface area contributed by atoms with Crippen LogP contribution in [-0.2, 0) is 6.42 Å². The fourth-order valence-electron chi connectivity index (χ4n) is 2.39. The Morgan fingerprint density at radius 1 is 1.23 bits per heavy atom. The molecule has 0 unspecified atom stereocenters. The molecule has 3 rings (SSSR count). The van der Waals surface area contributed by atoms with Gasteiger partial charge in [-0.15, -0.1) is 10.2 Å². The Kier molecular flexibility index (Phi) is 5.18. The van der Waals surface area contributed by atoms with Crippen LogP contribution >= 0.6 is 11.6 Å². The maximum Gasteiger partial charge on any atom is 0.274 e. The number of aromatic nitrogens is 3. The Labute approximate surface area is 154 Å². The summed E-state index contributed by atoms with van der Waals surface area (Å²) in [6.07, 6.45) is 0.256. The molecule has 1 aromatic heterocycles. The summed E-state index contributed by atoms with van der Waals surface area (Å²) in [6.45, 7) is 1.85. The predicted molar refractivity (Wildman–Crippen MR) is 97.9 cm³/mol. The van der Waals surface area contributed by atoms with Gasteiger partial charge in [0, 0.05) is 17.5 Å². The van der Waals surface area contributed by atoms with Crippen molar-refractivity contribution in [3.05, 3.63) is 74.4 Å². The van der Waals surface area contributed by atoms with Gasteiger partial charge in [-0.2, -0.15) is 0 Å². The van der Waals surface area contributed by atoms with Gasteiger partial charge in [-0.05, 0) is 36.2 Å². The summed E-state index contributed by atoms with van der Waals surface area (Å²) in [6, 6.07) is 9.33. The molecule has 26 heavy (non-hydrogen) atoms. The van der Waals surface area contributed by atoms with Crippen molar-refractivity contribution < 1.29 is 9.13 Å². The van der Waals surface area contributed by atoms with Gasteiger partial charge in [-0.1, -0.05) is 23.7 Å². The predicted octanol–water partition coefficient (Wildman–Crippen LogP) is 3.61. The first-order valence-electron chi connectivity index (χ1n) is 7.77. The SMILES string of the molecule is COc1cc(Cl)c(C)cc1Nc1nnc(Cc2ccc(F)cc2)c(=O)[nH]1. The number of anilines is 2. The molecule has 0 radical (unpaired) electrons. The Morgan fingerprint density at radius 3 is 2.62 bits per heavy atom. The number of rotatable bonds is 5. The Hall–Kier alpha value is -2.93. The first kappa shape index (κ1) is 17.9. The van der Waals surface area contributed by atoms with E-state index in [9.17, 15) is 9.18 Å². The van der Waals surface area contributed by atoms with Crippen molar-refractivity contribution in [2.24, 2.45) is 0 Å². The molecular weight excluding hydrogens is 359 g/mol. The number of aryl methyl sites for hydroxylation is 1. The van der Waals surface area contributed by atoms with Crippen molar-refractivity contribution in [1.29, 1.82) is 0 Å². The summed E-state index contributed by atoms with van der Waals surface area (Å²) < 4.78 is 18.2. The number of aromatic amines is 1. The van der Waals surface area contributed by atoms with Gasteiger partial charge in [0.05, 0.1) is 12.8 Å². The lowest BCUT2D eigenvalue weighted by Crippen LogP contribution is -2.19. The highest BCUT2D eigenvalue weighted by Gasteiger charge is 2.11. The van der Waals surface area contributed by atoms with Crippen molar-refractivity contribution in [1.82, 2.24) is 15.2 Å². The molecule has 0 bridgehead atoms. The number of H-pyrrole nitrogens is 1. The van der Waals surface area contributed by atoms with Crippen LogP contribution in [0, 0.1) is 12.7 Å². The van der Waals surface area contributed by atoms with Gasteiger partial charge >= 0.3 is 0 Å². The molecule has 3 aromatic rings. The highest BCUT2D eigenvalue weighted by atomic mass is 35.5.